The molecule has 0 radical (unpaired) electrons. The lowest BCUT2D eigenvalue weighted by molar-refractivity contribution is -0.128. The van der Waals surface area contributed by atoms with Crippen LogP contribution in [-0.2, 0) is 11.2 Å². The molecule has 1 fully saturated rings. The van der Waals surface area contributed by atoms with Gasteiger partial charge in [-0.25, -0.2) is 9.98 Å². The molecule has 7 heteroatoms. The molecular formula is C19H28N6O. The second-order valence-electron chi connectivity index (χ2n) is 6.51. The summed E-state index contributed by atoms with van der Waals surface area (Å²) in [5.41, 5.74) is 2.08. The third-order valence-corrected chi connectivity index (χ3v) is 4.50. The number of likely N-dealkylation sites (tertiary alicyclic amines) is 1. The van der Waals surface area contributed by atoms with Gasteiger partial charge in [-0.3, -0.25) is 4.79 Å². The maximum absolute atomic E-state index is 12.1. The molecular weight excluding hydrogens is 328 g/mol. The summed E-state index contributed by atoms with van der Waals surface area (Å²) in [6.07, 6.45) is 4.02. The van der Waals surface area contributed by atoms with Crippen LogP contribution in [0.5, 0.6) is 0 Å². The molecule has 2 aromatic rings. The molecule has 7 nitrogen and oxygen atoms in total. The maximum Gasteiger partial charge on any atom is 0.244 e. The number of aromatic nitrogens is 2. The van der Waals surface area contributed by atoms with E-state index in [1.165, 1.54) is 0 Å². The fraction of sp³-hybridized carbons (Fsp3) is 0.526. The van der Waals surface area contributed by atoms with Crippen LogP contribution in [-0.4, -0.2) is 59.5 Å². The predicted octanol–water partition coefficient (Wildman–Crippen LogP) is 1.67. The van der Waals surface area contributed by atoms with Gasteiger partial charge in [0.05, 0.1) is 11.0 Å². The van der Waals surface area contributed by atoms with Gasteiger partial charge in [0, 0.05) is 32.6 Å². The van der Waals surface area contributed by atoms with E-state index in [9.17, 15) is 4.79 Å². The van der Waals surface area contributed by atoms with Crippen LogP contribution in [0.4, 0.5) is 0 Å². The molecule has 1 saturated heterocycles. The number of para-hydroxylation sites is 2. The summed E-state index contributed by atoms with van der Waals surface area (Å²) < 4.78 is 0. The Morgan fingerprint density at radius 1 is 1.27 bits per heavy atom. The Bertz CT molecular complexity index is 714. The Morgan fingerprint density at radius 3 is 2.85 bits per heavy atom. The summed E-state index contributed by atoms with van der Waals surface area (Å²) in [5, 5.41) is 6.49. The number of imidazole rings is 1. The molecule has 0 bridgehead atoms. The van der Waals surface area contributed by atoms with Crippen LogP contribution in [0.3, 0.4) is 0 Å². The average Bonchev–Trinajstić information content (AvgIpc) is 3.32. The van der Waals surface area contributed by atoms with Gasteiger partial charge < -0.3 is 20.5 Å². The zero-order chi connectivity index (χ0) is 18.2. The van der Waals surface area contributed by atoms with Crippen LogP contribution < -0.4 is 10.6 Å². The average molecular weight is 356 g/mol. The van der Waals surface area contributed by atoms with Crippen molar-refractivity contribution in [3.63, 3.8) is 0 Å². The Labute approximate surface area is 154 Å². The number of carbonyl (C=O) groups is 1. The zero-order valence-electron chi connectivity index (χ0n) is 15.4. The SMILES string of the molecule is CCNC(=NCC(=O)N1CCCC1)NCCCc1nc2ccccc2[nH]1. The minimum absolute atomic E-state index is 0.113. The first-order valence-corrected chi connectivity index (χ1v) is 9.50. The second kappa shape index (κ2) is 9.22. The molecule has 3 N–H and O–H groups in total. The number of rotatable bonds is 7. The molecule has 1 aromatic carbocycles. The van der Waals surface area contributed by atoms with Crippen molar-refractivity contribution in [2.75, 3.05) is 32.7 Å². The number of hydrogen-bond donors (Lipinski definition) is 3. The lowest BCUT2D eigenvalue weighted by atomic mass is 10.3. The molecule has 1 aromatic heterocycles. The van der Waals surface area contributed by atoms with E-state index < -0.39 is 0 Å². The predicted molar refractivity (Wildman–Crippen MR) is 104 cm³/mol. The molecule has 140 valence electrons. The van der Waals surface area contributed by atoms with Crippen LogP contribution in [0.25, 0.3) is 11.0 Å². The molecule has 2 heterocycles. The van der Waals surface area contributed by atoms with E-state index in [0.717, 1.165) is 68.7 Å². The number of carbonyl (C=O) groups excluding carboxylic acids is 1. The lowest BCUT2D eigenvalue weighted by Gasteiger charge is -2.15. The van der Waals surface area contributed by atoms with Gasteiger partial charge in [0.15, 0.2) is 5.96 Å². The summed E-state index contributed by atoms with van der Waals surface area (Å²) in [4.78, 5) is 26.4. The van der Waals surface area contributed by atoms with Crippen LogP contribution in [0, 0.1) is 0 Å². The highest BCUT2D eigenvalue weighted by Gasteiger charge is 2.17. The number of aryl methyl sites for hydroxylation is 1. The highest BCUT2D eigenvalue weighted by atomic mass is 16.2. The quantitative estimate of drug-likeness (QED) is 0.400. The molecule has 0 saturated carbocycles. The maximum atomic E-state index is 12.1. The molecule has 0 unspecified atom stereocenters. The minimum Gasteiger partial charge on any atom is -0.357 e. The number of aromatic amines is 1. The largest absolute Gasteiger partial charge is 0.357 e. The van der Waals surface area contributed by atoms with Crippen molar-refractivity contribution in [2.24, 2.45) is 4.99 Å². The normalized spacial score (nSPS) is 14.8. The molecule has 0 spiro atoms. The fourth-order valence-electron chi connectivity index (χ4n) is 3.14. The Balaban J connectivity index is 1.44. The van der Waals surface area contributed by atoms with Crippen LogP contribution >= 0.6 is 0 Å². The van der Waals surface area contributed by atoms with E-state index >= 15 is 0 Å². The first-order chi connectivity index (χ1) is 12.8. The Morgan fingerprint density at radius 2 is 2.08 bits per heavy atom. The van der Waals surface area contributed by atoms with Crippen LogP contribution in [0.15, 0.2) is 29.3 Å². The molecule has 0 aliphatic carbocycles. The first-order valence-electron chi connectivity index (χ1n) is 9.50. The number of nitrogens with one attached hydrogen (secondary N) is 3. The van der Waals surface area contributed by atoms with Gasteiger partial charge in [0.1, 0.15) is 12.4 Å². The summed E-state index contributed by atoms with van der Waals surface area (Å²) in [7, 11) is 0. The number of guanidine groups is 1. The highest BCUT2D eigenvalue weighted by Crippen LogP contribution is 2.11. The van der Waals surface area contributed by atoms with E-state index in [1.54, 1.807) is 0 Å². The zero-order valence-corrected chi connectivity index (χ0v) is 15.4. The number of fused-ring (bicyclic) bond motifs is 1. The van der Waals surface area contributed by atoms with Crippen molar-refractivity contribution in [3.05, 3.63) is 30.1 Å². The van der Waals surface area contributed by atoms with Crippen molar-refractivity contribution in [2.45, 2.75) is 32.6 Å². The van der Waals surface area contributed by atoms with E-state index in [1.807, 2.05) is 36.1 Å². The minimum atomic E-state index is 0.113. The number of benzene rings is 1. The summed E-state index contributed by atoms with van der Waals surface area (Å²) >= 11 is 0. The Kier molecular flexibility index (Phi) is 6.46. The van der Waals surface area contributed by atoms with Crippen molar-refractivity contribution >= 4 is 22.9 Å². The molecule has 1 aliphatic heterocycles. The smallest absolute Gasteiger partial charge is 0.244 e. The monoisotopic (exact) mass is 356 g/mol. The number of H-pyrrole nitrogens is 1. The summed E-state index contributed by atoms with van der Waals surface area (Å²) in [6, 6.07) is 8.06. The van der Waals surface area contributed by atoms with Gasteiger partial charge in [0.2, 0.25) is 5.91 Å². The van der Waals surface area contributed by atoms with Gasteiger partial charge in [0.25, 0.3) is 0 Å². The third-order valence-electron chi connectivity index (χ3n) is 4.50. The molecule has 26 heavy (non-hydrogen) atoms. The van der Waals surface area contributed by atoms with Gasteiger partial charge in [-0.2, -0.15) is 0 Å². The van der Waals surface area contributed by atoms with Gasteiger partial charge in [-0.1, -0.05) is 12.1 Å². The topological polar surface area (TPSA) is 85.4 Å². The second-order valence-corrected chi connectivity index (χ2v) is 6.51. The van der Waals surface area contributed by atoms with Crippen molar-refractivity contribution in [1.29, 1.82) is 0 Å². The Hall–Kier alpha value is -2.57. The number of nitrogens with zero attached hydrogens (tertiary/aromatic N) is 3. The number of hydrogen-bond acceptors (Lipinski definition) is 3. The van der Waals surface area contributed by atoms with Gasteiger partial charge in [-0.05, 0) is 38.3 Å². The third kappa shape index (κ3) is 4.97. The number of amides is 1. The molecule has 0 atom stereocenters. The summed E-state index contributed by atoms with van der Waals surface area (Å²) in [6.45, 7) is 5.52. The highest BCUT2D eigenvalue weighted by molar-refractivity contribution is 5.85. The molecule has 1 aliphatic rings. The van der Waals surface area contributed by atoms with Crippen molar-refractivity contribution in [1.82, 2.24) is 25.5 Å². The standard InChI is InChI=1S/C19H28N6O/c1-2-20-19(22-14-18(26)25-12-5-6-13-25)21-11-7-10-17-23-15-8-3-4-9-16(15)24-17/h3-4,8-9H,2,5-7,10-14H2,1H3,(H,23,24)(H2,20,21,22). The van der Waals surface area contributed by atoms with Crippen LogP contribution in [0.1, 0.15) is 32.0 Å². The number of aliphatic imine (C=N–C) groups is 1. The van der Waals surface area contributed by atoms with E-state index in [4.69, 9.17) is 0 Å². The van der Waals surface area contributed by atoms with E-state index in [-0.39, 0.29) is 12.5 Å². The van der Waals surface area contributed by atoms with Crippen molar-refractivity contribution in [3.8, 4) is 0 Å². The van der Waals surface area contributed by atoms with Gasteiger partial charge >= 0.3 is 0 Å². The van der Waals surface area contributed by atoms with Crippen molar-refractivity contribution < 1.29 is 4.79 Å². The van der Waals surface area contributed by atoms with Crippen LogP contribution in [0.2, 0.25) is 0 Å². The molecule has 1 amide bonds. The van der Waals surface area contributed by atoms with E-state index in [0.29, 0.717) is 5.96 Å². The van der Waals surface area contributed by atoms with Gasteiger partial charge in [-0.15, -0.1) is 0 Å². The lowest BCUT2D eigenvalue weighted by Crippen LogP contribution is -2.39. The first kappa shape index (κ1) is 18.2. The fourth-order valence-corrected chi connectivity index (χ4v) is 3.14. The van der Waals surface area contributed by atoms with E-state index in [2.05, 4.69) is 25.6 Å². The molecule has 3 rings (SSSR count). The summed E-state index contributed by atoms with van der Waals surface area (Å²) in [5.74, 6) is 1.81.